The molecule has 1 unspecified atom stereocenters. The van der Waals surface area contributed by atoms with Crippen molar-refractivity contribution < 1.29 is 24.0 Å². The summed E-state index contributed by atoms with van der Waals surface area (Å²) >= 11 is 0. The summed E-state index contributed by atoms with van der Waals surface area (Å²) in [4.78, 5) is 0. The Balaban J connectivity index is 0. The first-order valence-electron chi connectivity index (χ1n) is 3.25. The molecule has 0 aromatic heterocycles. The van der Waals surface area contributed by atoms with E-state index >= 15 is 0 Å². The number of rotatable bonds is 3. The molecule has 0 saturated heterocycles. The van der Waals surface area contributed by atoms with Crippen molar-refractivity contribution in [2.75, 3.05) is 6.61 Å². The van der Waals surface area contributed by atoms with Crippen molar-refractivity contribution >= 4 is 0 Å². The SMILES string of the molecule is CC(C)CC(C)C[O-].[Li+]. The Labute approximate surface area is 70.0 Å². The van der Waals surface area contributed by atoms with Crippen LogP contribution in [0.3, 0.4) is 0 Å². The third-order valence-electron chi connectivity index (χ3n) is 1.16. The summed E-state index contributed by atoms with van der Waals surface area (Å²) < 4.78 is 0. The Hall–Kier alpha value is 0.557. The Bertz CT molecular complexity index is 54.9. The largest absolute Gasteiger partial charge is 1.00 e. The topological polar surface area (TPSA) is 23.1 Å². The first kappa shape index (κ1) is 12.3. The van der Waals surface area contributed by atoms with Crippen molar-refractivity contribution in [3.63, 3.8) is 0 Å². The van der Waals surface area contributed by atoms with Crippen LogP contribution in [-0.2, 0) is 0 Å². The van der Waals surface area contributed by atoms with E-state index < -0.39 is 0 Å². The fourth-order valence-corrected chi connectivity index (χ4v) is 0.873. The van der Waals surface area contributed by atoms with Gasteiger partial charge >= 0.3 is 18.9 Å². The molecule has 1 nitrogen and oxygen atoms in total. The van der Waals surface area contributed by atoms with Crippen molar-refractivity contribution in [2.24, 2.45) is 11.8 Å². The smallest absolute Gasteiger partial charge is 0.854 e. The molecule has 1 atom stereocenters. The Morgan fingerprint density at radius 2 is 1.67 bits per heavy atom. The average molecular weight is 122 g/mol. The zero-order valence-electron chi connectivity index (χ0n) is 6.98. The molecule has 0 amide bonds. The first-order chi connectivity index (χ1) is 3.66. The van der Waals surface area contributed by atoms with Crippen molar-refractivity contribution in [1.82, 2.24) is 0 Å². The summed E-state index contributed by atoms with van der Waals surface area (Å²) in [5.41, 5.74) is 0. The predicted octanol–water partition coefficient (Wildman–Crippen LogP) is -1.97. The van der Waals surface area contributed by atoms with Crippen LogP contribution >= 0.6 is 0 Å². The van der Waals surface area contributed by atoms with Crippen LogP contribution in [0.1, 0.15) is 27.2 Å². The van der Waals surface area contributed by atoms with Gasteiger partial charge in [-0.2, -0.15) is 0 Å². The van der Waals surface area contributed by atoms with Crippen LogP contribution in [0.5, 0.6) is 0 Å². The average Bonchev–Trinajstić information content (AvgIpc) is 1.65. The molecule has 50 valence electrons. The van der Waals surface area contributed by atoms with Crippen LogP contribution in [-0.4, -0.2) is 6.61 Å². The molecular weight excluding hydrogens is 107 g/mol. The summed E-state index contributed by atoms with van der Waals surface area (Å²) in [6.07, 6.45) is 1.07. The van der Waals surface area contributed by atoms with E-state index in [-0.39, 0.29) is 25.5 Å². The van der Waals surface area contributed by atoms with Crippen LogP contribution < -0.4 is 24.0 Å². The van der Waals surface area contributed by atoms with Crippen molar-refractivity contribution in [3.05, 3.63) is 0 Å². The molecule has 0 radical (unpaired) electrons. The van der Waals surface area contributed by atoms with Gasteiger partial charge in [0.25, 0.3) is 0 Å². The van der Waals surface area contributed by atoms with E-state index in [2.05, 4.69) is 13.8 Å². The molecule has 0 aliphatic carbocycles. The molecule has 0 fully saturated rings. The molecule has 0 aliphatic rings. The Morgan fingerprint density at radius 3 is 1.78 bits per heavy atom. The predicted molar refractivity (Wildman–Crippen MR) is 33.5 cm³/mol. The van der Waals surface area contributed by atoms with Crippen LogP contribution in [0.4, 0.5) is 0 Å². The van der Waals surface area contributed by atoms with Crippen LogP contribution in [0, 0.1) is 11.8 Å². The zero-order valence-corrected chi connectivity index (χ0v) is 6.98. The van der Waals surface area contributed by atoms with Gasteiger partial charge in [0.05, 0.1) is 0 Å². The summed E-state index contributed by atoms with van der Waals surface area (Å²) in [5.74, 6) is 1.05. The second-order valence-electron chi connectivity index (χ2n) is 2.90. The molecule has 0 bridgehead atoms. The Kier molecular flexibility index (Phi) is 9.09. The van der Waals surface area contributed by atoms with Gasteiger partial charge in [-0.05, 0) is 12.3 Å². The maximum absolute atomic E-state index is 10.2. The monoisotopic (exact) mass is 122 g/mol. The molecule has 0 heterocycles. The van der Waals surface area contributed by atoms with Gasteiger partial charge in [-0.3, -0.25) is 0 Å². The normalized spacial score (nSPS) is 13.0. The molecule has 9 heavy (non-hydrogen) atoms. The number of hydrogen-bond donors (Lipinski definition) is 0. The second-order valence-corrected chi connectivity index (χ2v) is 2.90. The van der Waals surface area contributed by atoms with E-state index in [0.29, 0.717) is 11.8 Å². The van der Waals surface area contributed by atoms with Crippen LogP contribution in [0.25, 0.3) is 0 Å². The Morgan fingerprint density at radius 1 is 1.22 bits per heavy atom. The van der Waals surface area contributed by atoms with Gasteiger partial charge in [0.1, 0.15) is 0 Å². The standard InChI is InChI=1S/C7H15O.Li/c1-6(2)4-7(3)5-8;/h6-7H,4-5H2,1-3H3;/q-1;+1. The summed E-state index contributed by atoms with van der Waals surface area (Å²) in [6, 6.07) is 0. The molecule has 2 heteroatoms. The van der Waals surface area contributed by atoms with Gasteiger partial charge in [0.2, 0.25) is 0 Å². The first-order valence-corrected chi connectivity index (χ1v) is 3.25. The summed E-state index contributed by atoms with van der Waals surface area (Å²) in [7, 11) is 0. The molecule has 0 aliphatic heterocycles. The van der Waals surface area contributed by atoms with Crippen LogP contribution in [0.15, 0.2) is 0 Å². The van der Waals surface area contributed by atoms with E-state index in [4.69, 9.17) is 0 Å². The molecule has 0 saturated carbocycles. The van der Waals surface area contributed by atoms with Gasteiger partial charge in [-0.15, -0.1) is 6.61 Å². The second kappa shape index (κ2) is 6.67. The van der Waals surface area contributed by atoms with E-state index in [0.717, 1.165) is 6.42 Å². The van der Waals surface area contributed by atoms with Crippen LogP contribution in [0.2, 0.25) is 0 Å². The van der Waals surface area contributed by atoms with E-state index in [1.54, 1.807) is 0 Å². The molecule has 0 aromatic rings. The fourth-order valence-electron chi connectivity index (χ4n) is 0.873. The van der Waals surface area contributed by atoms with Crippen molar-refractivity contribution in [3.8, 4) is 0 Å². The van der Waals surface area contributed by atoms with Gasteiger partial charge in [0, 0.05) is 0 Å². The van der Waals surface area contributed by atoms with E-state index in [1.807, 2.05) is 6.92 Å². The van der Waals surface area contributed by atoms with Gasteiger partial charge in [-0.25, -0.2) is 0 Å². The summed E-state index contributed by atoms with van der Waals surface area (Å²) in [6.45, 7) is 6.38. The molecule has 0 aromatic carbocycles. The zero-order chi connectivity index (χ0) is 6.57. The summed E-state index contributed by atoms with van der Waals surface area (Å²) in [5, 5.41) is 10.2. The quantitative estimate of drug-likeness (QED) is 0.398. The van der Waals surface area contributed by atoms with Crippen molar-refractivity contribution in [2.45, 2.75) is 27.2 Å². The van der Waals surface area contributed by atoms with Crippen molar-refractivity contribution in [1.29, 1.82) is 0 Å². The van der Waals surface area contributed by atoms with Gasteiger partial charge in [0.15, 0.2) is 0 Å². The maximum atomic E-state index is 10.2. The minimum absolute atomic E-state index is 0. The van der Waals surface area contributed by atoms with E-state index in [9.17, 15) is 5.11 Å². The van der Waals surface area contributed by atoms with Gasteiger partial charge < -0.3 is 5.11 Å². The van der Waals surface area contributed by atoms with E-state index in [1.165, 1.54) is 0 Å². The molecule has 0 spiro atoms. The minimum Gasteiger partial charge on any atom is -0.854 e. The fraction of sp³-hybridized carbons (Fsp3) is 1.00. The molecular formula is C7H15LiO. The third-order valence-corrected chi connectivity index (χ3v) is 1.16. The minimum atomic E-state index is 0. The van der Waals surface area contributed by atoms with Gasteiger partial charge in [-0.1, -0.05) is 26.7 Å². The third kappa shape index (κ3) is 8.56. The maximum Gasteiger partial charge on any atom is 1.00 e. The molecule has 0 N–H and O–H groups in total. The number of hydrogen-bond acceptors (Lipinski definition) is 1. The molecule has 0 rings (SSSR count).